The van der Waals surface area contributed by atoms with Gasteiger partial charge < -0.3 is 10.2 Å². The summed E-state index contributed by atoms with van der Waals surface area (Å²) in [5.74, 6) is 0. The third-order valence-electron chi connectivity index (χ3n) is 3.39. The van der Waals surface area contributed by atoms with Gasteiger partial charge in [0, 0.05) is 41.1 Å². The van der Waals surface area contributed by atoms with E-state index in [0.717, 1.165) is 25.2 Å². The van der Waals surface area contributed by atoms with Crippen LogP contribution >= 0.6 is 11.3 Å². The quantitative estimate of drug-likeness (QED) is 0.853. The van der Waals surface area contributed by atoms with Crippen LogP contribution in [-0.4, -0.2) is 25.7 Å². The Labute approximate surface area is 111 Å². The Morgan fingerprint density at radius 3 is 3.17 bits per heavy atom. The first-order chi connectivity index (χ1) is 8.78. The van der Waals surface area contributed by atoms with Crippen molar-refractivity contribution in [1.29, 1.82) is 5.26 Å². The van der Waals surface area contributed by atoms with E-state index in [1.807, 2.05) is 12.1 Å². The zero-order valence-corrected chi connectivity index (χ0v) is 11.1. The number of thiophene rings is 1. The monoisotopic (exact) mass is 257 g/mol. The average molecular weight is 257 g/mol. The van der Waals surface area contributed by atoms with Gasteiger partial charge in [-0.1, -0.05) is 6.07 Å². The van der Waals surface area contributed by atoms with Gasteiger partial charge in [-0.05, 0) is 19.1 Å². The van der Waals surface area contributed by atoms with E-state index in [1.54, 1.807) is 11.3 Å². The minimum atomic E-state index is 0.534. The van der Waals surface area contributed by atoms with Crippen LogP contribution in [-0.2, 0) is 0 Å². The summed E-state index contributed by atoms with van der Waals surface area (Å²) in [5, 5.41) is 15.9. The standard InChI is InChI=1S/C14H15N3S/c1-10-8-17(5-4-16-10)13-9-18-14-6-11(7-15)2-3-12(13)14/h2-3,6,9-10,16H,4-5,8H2,1H3/t10-/m1/s1. The lowest BCUT2D eigenvalue weighted by Crippen LogP contribution is -2.49. The fourth-order valence-corrected chi connectivity index (χ4v) is 3.49. The summed E-state index contributed by atoms with van der Waals surface area (Å²) in [6.07, 6.45) is 0. The van der Waals surface area contributed by atoms with Gasteiger partial charge in [0.05, 0.1) is 17.3 Å². The third kappa shape index (κ3) is 1.96. The highest BCUT2D eigenvalue weighted by Gasteiger charge is 2.18. The predicted octanol–water partition coefficient (Wildman–Crippen LogP) is 2.57. The number of piperazine rings is 1. The van der Waals surface area contributed by atoms with Crippen LogP contribution in [0.2, 0.25) is 0 Å². The van der Waals surface area contributed by atoms with Crippen LogP contribution < -0.4 is 10.2 Å². The van der Waals surface area contributed by atoms with Crippen molar-refractivity contribution in [1.82, 2.24) is 5.32 Å². The van der Waals surface area contributed by atoms with Crippen molar-refractivity contribution in [2.24, 2.45) is 0 Å². The van der Waals surface area contributed by atoms with E-state index < -0.39 is 0 Å². The van der Waals surface area contributed by atoms with Gasteiger partial charge in [0.2, 0.25) is 0 Å². The van der Waals surface area contributed by atoms with Gasteiger partial charge in [0.25, 0.3) is 0 Å². The summed E-state index contributed by atoms with van der Waals surface area (Å²) < 4.78 is 1.20. The highest BCUT2D eigenvalue weighted by Crippen LogP contribution is 2.34. The maximum Gasteiger partial charge on any atom is 0.0992 e. The molecule has 1 atom stereocenters. The summed E-state index contributed by atoms with van der Waals surface area (Å²) in [6, 6.07) is 8.70. The molecule has 1 fully saturated rings. The first-order valence-corrected chi connectivity index (χ1v) is 7.05. The Hall–Kier alpha value is -1.57. The van der Waals surface area contributed by atoms with Crippen molar-refractivity contribution in [2.75, 3.05) is 24.5 Å². The molecule has 0 unspecified atom stereocenters. The summed E-state index contributed by atoms with van der Waals surface area (Å²) in [5.41, 5.74) is 2.05. The van der Waals surface area contributed by atoms with Gasteiger partial charge in [-0.2, -0.15) is 5.26 Å². The number of hydrogen-bond acceptors (Lipinski definition) is 4. The molecule has 4 heteroatoms. The molecule has 0 radical (unpaired) electrons. The maximum absolute atomic E-state index is 8.92. The number of nitrogens with zero attached hydrogens (tertiary/aromatic N) is 2. The lowest BCUT2D eigenvalue weighted by molar-refractivity contribution is 0.486. The molecule has 0 amide bonds. The van der Waals surface area contributed by atoms with Gasteiger partial charge in [-0.25, -0.2) is 0 Å². The highest BCUT2D eigenvalue weighted by atomic mass is 32.1. The number of hydrogen-bond donors (Lipinski definition) is 1. The first-order valence-electron chi connectivity index (χ1n) is 6.17. The van der Waals surface area contributed by atoms with Gasteiger partial charge in [-0.3, -0.25) is 0 Å². The SMILES string of the molecule is C[C@@H]1CN(c2csc3cc(C#N)ccc23)CCN1. The van der Waals surface area contributed by atoms with Crippen LogP contribution in [0.25, 0.3) is 10.1 Å². The third-order valence-corrected chi connectivity index (χ3v) is 4.33. The minimum absolute atomic E-state index is 0.534. The molecule has 1 aliphatic heterocycles. The first kappa shape index (κ1) is 11.5. The number of nitriles is 1. The topological polar surface area (TPSA) is 39.1 Å². The summed E-state index contributed by atoms with van der Waals surface area (Å²) in [4.78, 5) is 2.44. The molecule has 1 aromatic carbocycles. The second kappa shape index (κ2) is 4.60. The average Bonchev–Trinajstić information content (AvgIpc) is 2.81. The van der Waals surface area contributed by atoms with E-state index >= 15 is 0 Å². The Morgan fingerprint density at radius 2 is 2.39 bits per heavy atom. The summed E-state index contributed by atoms with van der Waals surface area (Å²) in [7, 11) is 0. The molecule has 1 saturated heterocycles. The molecule has 3 rings (SSSR count). The predicted molar refractivity (Wildman–Crippen MR) is 76.2 cm³/mol. The smallest absolute Gasteiger partial charge is 0.0992 e. The Balaban J connectivity index is 2.00. The molecule has 92 valence electrons. The van der Waals surface area contributed by atoms with Crippen LogP contribution in [0.15, 0.2) is 23.6 Å². The number of benzene rings is 1. The lowest BCUT2D eigenvalue weighted by atomic mass is 10.1. The van der Waals surface area contributed by atoms with Crippen molar-refractivity contribution in [3.05, 3.63) is 29.1 Å². The normalized spacial score (nSPS) is 20.0. The van der Waals surface area contributed by atoms with E-state index in [-0.39, 0.29) is 0 Å². The van der Waals surface area contributed by atoms with Crippen LogP contribution in [0.5, 0.6) is 0 Å². The largest absolute Gasteiger partial charge is 0.368 e. The van der Waals surface area contributed by atoms with Crippen LogP contribution in [0, 0.1) is 11.3 Å². The fraction of sp³-hybridized carbons (Fsp3) is 0.357. The molecule has 18 heavy (non-hydrogen) atoms. The fourth-order valence-electron chi connectivity index (χ4n) is 2.48. The molecular weight excluding hydrogens is 242 g/mol. The van der Waals surface area contributed by atoms with E-state index in [9.17, 15) is 0 Å². The molecule has 3 nitrogen and oxygen atoms in total. The van der Waals surface area contributed by atoms with E-state index in [4.69, 9.17) is 5.26 Å². The molecule has 0 saturated carbocycles. The maximum atomic E-state index is 8.92. The van der Waals surface area contributed by atoms with E-state index in [1.165, 1.54) is 15.8 Å². The molecule has 0 spiro atoms. The number of rotatable bonds is 1. The second-order valence-corrected chi connectivity index (χ2v) is 5.66. The molecule has 0 aliphatic carbocycles. The summed E-state index contributed by atoms with van der Waals surface area (Å²) >= 11 is 1.73. The molecular formula is C14H15N3S. The van der Waals surface area contributed by atoms with E-state index in [2.05, 4.69) is 34.7 Å². The summed E-state index contributed by atoms with van der Waals surface area (Å²) in [6.45, 7) is 5.35. The van der Waals surface area contributed by atoms with Gasteiger partial charge in [0.15, 0.2) is 0 Å². The zero-order valence-electron chi connectivity index (χ0n) is 10.3. The van der Waals surface area contributed by atoms with Crippen molar-refractivity contribution in [2.45, 2.75) is 13.0 Å². The molecule has 1 aliphatic rings. The molecule has 1 aromatic heterocycles. The van der Waals surface area contributed by atoms with Crippen LogP contribution in [0.4, 0.5) is 5.69 Å². The molecule has 0 bridgehead atoms. The molecule has 2 heterocycles. The second-order valence-electron chi connectivity index (χ2n) is 4.74. The molecule has 2 aromatic rings. The molecule has 1 N–H and O–H groups in total. The van der Waals surface area contributed by atoms with Gasteiger partial charge >= 0.3 is 0 Å². The number of nitrogens with one attached hydrogen (secondary N) is 1. The van der Waals surface area contributed by atoms with Crippen LogP contribution in [0.1, 0.15) is 12.5 Å². The van der Waals surface area contributed by atoms with Crippen molar-refractivity contribution in [3.8, 4) is 6.07 Å². The van der Waals surface area contributed by atoms with Gasteiger partial charge in [0.1, 0.15) is 0 Å². The Kier molecular flexibility index (Phi) is 2.94. The van der Waals surface area contributed by atoms with Crippen molar-refractivity contribution < 1.29 is 0 Å². The van der Waals surface area contributed by atoms with Gasteiger partial charge in [-0.15, -0.1) is 11.3 Å². The minimum Gasteiger partial charge on any atom is -0.368 e. The lowest BCUT2D eigenvalue weighted by Gasteiger charge is -2.33. The van der Waals surface area contributed by atoms with Crippen LogP contribution in [0.3, 0.4) is 0 Å². The van der Waals surface area contributed by atoms with Crippen molar-refractivity contribution >= 4 is 27.1 Å². The van der Waals surface area contributed by atoms with Crippen molar-refractivity contribution in [3.63, 3.8) is 0 Å². The van der Waals surface area contributed by atoms with E-state index in [0.29, 0.717) is 6.04 Å². The Bertz CT molecular complexity index is 611. The zero-order chi connectivity index (χ0) is 12.5. The highest BCUT2D eigenvalue weighted by molar-refractivity contribution is 7.17. The number of anilines is 1. The Morgan fingerprint density at radius 1 is 1.50 bits per heavy atom. The number of fused-ring (bicyclic) bond motifs is 1.